The van der Waals surface area contributed by atoms with E-state index in [0.29, 0.717) is 10.0 Å². The maximum atomic E-state index is 11.2. The van der Waals surface area contributed by atoms with Gasteiger partial charge in [0.1, 0.15) is 6.04 Å². The minimum Gasteiger partial charge on any atom is -0.480 e. The van der Waals surface area contributed by atoms with Crippen molar-refractivity contribution in [1.29, 1.82) is 0 Å². The highest BCUT2D eigenvalue weighted by Crippen LogP contribution is 2.48. The Labute approximate surface area is 120 Å². The van der Waals surface area contributed by atoms with Crippen molar-refractivity contribution in [2.45, 2.75) is 30.0 Å². The number of thioether (sulfide) groups is 1. The minimum atomic E-state index is -0.863. The van der Waals surface area contributed by atoms with Crippen LogP contribution in [0.4, 0.5) is 0 Å². The third-order valence-electron chi connectivity index (χ3n) is 2.94. The van der Waals surface area contributed by atoms with Gasteiger partial charge in [0.05, 0.1) is 5.37 Å². The molecule has 18 heavy (non-hydrogen) atoms. The first-order valence-corrected chi connectivity index (χ1v) is 7.07. The van der Waals surface area contributed by atoms with Crippen molar-refractivity contribution < 1.29 is 9.90 Å². The number of nitrogens with one attached hydrogen (secondary N) is 1. The molecule has 1 aliphatic rings. The van der Waals surface area contributed by atoms with E-state index in [4.69, 9.17) is 23.2 Å². The summed E-state index contributed by atoms with van der Waals surface area (Å²) in [4.78, 5) is 11.2. The predicted molar refractivity (Wildman–Crippen MR) is 75.4 cm³/mol. The van der Waals surface area contributed by atoms with Gasteiger partial charge in [-0.1, -0.05) is 29.3 Å². The molecule has 2 unspecified atom stereocenters. The molecule has 1 aromatic rings. The minimum absolute atomic E-state index is 0.206. The number of rotatable bonds is 2. The molecule has 1 aromatic carbocycles. The zero-order chi connectivity index (χ0) is 13.5. The highest BCUT2D eigenvalue weighted by atomic mass is 35.5. The van der Waals surface area contributed by atoms with Crippen LogP contribution in [0.25, 0.3) is 0 Å². The van der Waals surface area contributed by atoms with Crippen LogP contribution in [0, 0.1) is 0 Å². The van der Waals surface area contributed by atoms with Crippen LogP contribution in [-0.2, 0) is 4.79 Å². The number of hydrogen-bond acceptors (Lipinski definition) is 3. The Morgan fingerprint density at radius 3 is 2.39 bits per heavy atom. The lowest BCUT2D eigenvalue weighted by molar-refractivity contribution is -0.139. The Balaban J connectivity index is 2.35. The molecular weight excluding hydrogens is 293 g/mol. The van der Waals surface area contributed by atoms with Crippen molar-refractivity contribution in [3.8, 4) is 0 Å². The average molecular weight is 306 g/mol. The zero-order valence-corrected chi connectivity index (χ0v) is 12.2. The van der Waals surface area contributed by atoms with Crippen LogP contribution < -0.4 is 5.32 Å². The van der Waals surface area contributed by atoms with E-state index in [1.54, 1.807) is 18.2 Å². The number of hydrogen-bond donors (Lipinski definition) is 2. The van der Waals surface area contributed by atoms with Gasteiger partial charge < -0.3 is 5.11 Å². The molecule has 1 heterocycles. The first-order chi connectivity index (χ1) is 8.33. The van der Waals surface area contributed by atoms with Gasteiger partial charge in [0.25, 0.3) is 0 Å². The highest BCUT2D eigenvalue weighted by molar-refractivity contribution is 8.01. The third-order valence-corrected chi connectivity index (χ3v) is 5.05. The van der Waals surface area contributed by atoms with E-state index in [0.717, 1.165) is 5.56 Å². The summed E-state index contributed by atoms with van der Waals surface area (Å²) in [6.45, 7) is 3.79. The Bertz CT molecular complexity index is 473. The second-order valence-electron chi connectivity index (χ2n) is 4.67. The van der Waals surface area contributed by atoms with Crippen LogP contribution >= 0.6 is 35.0 Å². The van der Waals surface area contributed by atoms with Crippen molar-refractivity contribution >= 4 is 40.9 Å². The largest absolute Gasteiger partial charge is 0.480 e. The van der Waals surface area contributed by atoms with Crippen LogP contribution in [-0.4, -0.2) is 21.9 Å². The standard InChI is InChI=1S/C12H13Cl2NO2S/c1-12(2)9(11(16)17)15-10(18-12)8-6(13)4-3-5-7(8)14/h3-5,9-10,15H,1-2H3,(H,16,17). The van der Waals surface area contributed by atoms with Crippen molar-refractivity contribution in [3.05, 3.63) is 33.8 Å². The SMILES string of the molecule is CC1(C)SC(c2c(Cl)cccc2Cl)NC1C(=O)O. The molecule has 0 amide bonds. The lowest BCUT2D eigenvalue weighted by atomic mass is 10.0. The van der Waals surface area contributed by atoms with Crippen molar-refractivity contribution in [2.24, 2.45) is 0 Å². The van der Waals surface area contributed by atoms with E-state index in [1.807, 2.05) is 13.8 Å². The van der Waals surface area contributed by atoms with Crippen molar-refractivity contribution in [3.63, 3.8) is 0 Å². The summed E-state index contributed by atoms with van der Waals surface area (Å²) in [6, 6.07) is 4.66. The molecule has 2 atom stereocenters. The average Bonchev–Trinajstić information content (AvgIpc) is 2.54. The lowest BCUT2D eigenvalue weighted by Gasteiger charge is -2.20. The smallest absolute Gasteiger partial charge is 0.322 e. The molecule has 0 saturated carbocycles. The molecule has 2 rings (SSSR count). The summed E-state index contributed by atoms with van der Waals surface area (Å²) in [5.74, 6) is -0.863. The molecule has 98 valence electrons. The van der Waals surface area contributed by atoms with Gasteiger partial charge in [-0.05, 0) is 26.0 Å². The maximum absolute atomic E-state index is 11.2. The molecule has 1 aliphatic heterocycles. The van der Waals surface area contributed by atoms with Gasteiger partial charge >= 0.3 is 5.97 Å². The van der Waals surface area contributed by atoms with Gasteiger partial charge in [0.15, 0.2) is 0 Å². The van der Waals surface area contributed by atoms with Gasteiger partial charge in [-0.2, -0.15) is 0 Å². The third kappa shape index (κ3) is 2.48. The second-order valence-corrected chi connectivity index (χ2v) is 7.25. The van der Waals surface area contributed by atoms with E-state index >= 15 is 0 Å². The van der Waals surface area contributed by atoms with Crippen LogP contribution in [0.1, 0.15) is 24.8 Å². The second kappa shape index (κ2) is 4.93. The first-order valence-electron chi connectivity index (χ1n) is 5.43. The normalized spacial score (nSPS) is 26.2. The van der Waals surface area contributed by atoms with E-state index in [1.165, 1.54) is 11.8 Å². The van der Waals surface area contributed by atoms with E-state index < -0.39 is 16.8 Å². The fraction of sp³-hybridized carbons (Fsp3) is 0.417. The summed E-state index contributed by atoms with van der Waals surface area (Å²) in [7, 11) is 0. The van der Waals surface area contributed by atoms with Gasteiger partial charge in [-0.25, -0.2) is 0 Å². The molecule has 0 spiro atoms. The van der Waals surface area contributed by atoms with E-state index in [-0.39, 0.29) is 5.37 Å². The van der Waals surface area contributed by atoms with Crippen LogP contribution in [0.2, 0.25) is 10.0 Å². The summed E-state index contributed by atoms with van der Waals surface area (Å²) in [6.07, 6.45) is 0. The van der Waals surface area contributed by atoms with Gasteiger partial charge in [0, 0.05) is 20.4 Å². The lowest BCUT2D eigenvalue weighted by Crippen LogP contribution is -2.43. The molecule has 6 heteroatoms. The van der Waals surface area contributed by atoms with Crippen LogP contribution in [0.3, 0.4) is 0 Å². The number of carboxylic acid groups (broad SMARTS) is 1. The molecule has 0 bridgehead atoms. The molecular formula is C12H13Cl2NO2S. The maximum Gasteiger partial charge on any atom is 0.322 e. The number of carbonyl (C=O) groups is 1. The Hall–Kier alpha value is -0.420. The Morgan fingerprint density at radius 2 is 1.94 bits per heavy atom. The Morgan fingerprint density at radius 1 is 1.39 bits per heavy atom. The van der Waals surface area contributed by atoms with Crippen molar-refractivity contribution in [1.82, 2.24) is 5.32 Å². The van der Waals surface area contributed by atoms with Crippen LogP contribution in [0.5, 0.6) is 0 Å². The van der Waals surface area contributed by atoms with Gasteiger partial charge in [0.2, 0.25) is 0 Å². The molecule has 1 saturated heterocycles. The number of carboxylic acids is 1. The summed E-state index contributed by atoms with van der Waals surface area (Å²) < 4.78 is -0.418. The highest BCUT2D eigenvalue weighted by Gasteiger charge is 2.46. The topological polar surface area (TPSA) is 49.3 Å². The number of halogens is 2. The molecule has 2 N–H and O–H groups in total. The summed E-state index contributed by atoms with van der Waals surface area (Å²) in [5.41, 5.74) is 0.752. The number of aliphatic carboxylic acids is 1. The zero-order valence-electron chi connectivity index (χ0n) is 9.91. The Kier molecular flexibility index (Phi) is 3.83. The van der Waals surface area contributed by atoms with Crippen LogP contribution in [0.15, 0.2) is 18.2 Å². The fourth-order valence-electron chi connectivity index (χ4n) is 2.03. The monoisotopic (exact) mass is 305 g/mol. The molecule has 0 aromatic heterocycles. The number of benzene rings is 1. The molecule has 3 nitrogen and oxygen atoms in total. The molecule has 0 aliphatic carbocycles. The molecule has 0 radical (unpaired) electrons. The quantitative estimate of drug-likeness (QED) is 0.877. The van der Waals surface area contributed by atoms with Gasteiger partial charge in [-0.15, -0.1) is 11.8 Å². The van der Waals surface area contributed by atoms with Crippen molar-refractivity contribution in [2.75, 3.05) is 0 Å². The summed E-state index contributed by atoms with van der Waals surface area (Å²) in [5, 5.41) is 13.2. The first kappa shape index (κ1) is 14.0. The predicted octanol–water partition coefficient (Wildman–Crippen LogP) is 3.56. The summed E-state index contributed by atoms with van der Waals surface area (Å²) >= 11 is 13.8. The van der Waals surface area contributed by atoms with E-state index in [2.05, 4.69) is 5.32 Å². The fourth-order valence-corrected chi connectivity index (χ4v) is 4.26. The van der Waals surface area contributed by atoms with Gasteiger partial charge in [-0.3, -0.25) is 10.1 Å². The molecule has 1 fully saturated rings. The van der Waals surface area contributed by atoms with E-state index in [9.17, 15) is 9.90 Å².